The first-order chi connectivity index (χ1) is 9.74. The molecule has 2 N–H and O–H groups in total. The Hall–Kier alpha value is -2.36. The summed E-state index contributed by atoms with van der Waals surface area (Å²) in [6.45, 7) is 0. The lowest BCUT2D eigenvalue weighted by Gasteiger charge is -2.06. The lowest BCUT2D eigenvalue weighted by molar-refractivity contribution is 0.629. The molecule has 3 aromatic rings. The average Bonchev–Trinajstić information content (AvgIpc) is 3.16. The molecule has 0 radical (unpaired) electrons. The maximum atomic E-state index is 13.2. The van der Waals surface area contributed by atoms with Gasteiger partial charge in [-0.25, -0.2) is 9.37 Å². The summed E-state index contributed by atoms with van der Waals surface area (Å²) >= 11 is 0. The SMILES string of the molecule is Nc1nc2cc(F)ccc2n1C1CC1c1ccccc1. The van der Waals surface area contributed by atoms with Crippen LogP contribution in [0.3, 0.4) is 0 Å². The van der Waals surface area contributed by atoms with E-state index >= 15 is 0 Å². The largest absolute Gasteiger partial charge is 0.369 e. The molecule has 1 saturated carbocycles. The van der Waals surface area contributed by atoms with Crippen LogP contribution >= 0.6 is 0 Å². The van der Waals surface area contributed by atoms with Crippen molar-refractivity contribution in [3.8, 4) is 0 Å². The first kappa shape index (κ1) is 11.5. The van der Waals surface area contributed by atoms with Gasteiger partial charge in [-0.2, -0.15) is 0 Å². The van der Waals surface area contributed by atoms with Crippen LogP contribution in [0.2, 0.25) is 0 Å². The average molecular weight is 267 g/mol. The van der Waals surface area contributed by atoms with Crippen molar-refractivity contribution in [1.29, 1.82) is 0 Å². The molecule has 1 aromatic heterocycles. The Balaban J connectivity index is 1.76. The van der Waals surface area contributed by atoms with E-state index in [2.05, 4.69) is 29.2 Å². The van der Waals surface area contributed by atoms with Crippen molar-refractivity contribution in [2.45, 2.75) is 18.4 Å². The third kappa shape index (κ3) is 1.68. The second-order valence-electron chi connectivity index (χ2n) is 5.29. The number of hydrogen-bond donors (Lipinski definition) is 1. The summed E-state index contributed by atoms with van der Waals surface area (Å²) in [5, 5.41) is 0. The van der Waals surface area contributed by atoms with Gasteiger partial charge in [0.15, 0.2) is 0 Å². The Morgan fingerprint density at radius 3 is 2.75 bits per heavy atom. The van der Waals surface area contributed by atoms with Gasteiger partial charge in [-0.05, 0) is 24.1 Å². The van der Waals surface area contributed by atoms with Crippen LogP contribution in [0.1, 0.15) is 23.9 Å². The number of rotatable bonds is 2. The molecule has 0 spiro atoms. The Morgan fingerprint density at radius 2 is 1.95 bits per heavy atom. The molecule has 2 atom stereocenters. The van der Waals surface area contributed by atoms with Gasteiger partial charge < -0.3 is 10.3 Å². The second kappa shape index (κ2) is 4.07. The lowest BCUT2D eigenvalue weighted by Crippen LogP contribution is -2.02. The zero-order chi connectivity index (χ0) is 13.7. The van der Waals surface area contributed by atoms with E-state index in [4.69, 9.17) is 5.73 Å². The number of halogens is 1. The van der Waals surface area contributed by atoms with Gasteiger partial charge in [0.2, 0.25) is 5.95 Å². The Morgan fingerprint density at radius 1 is 1.15 bits per heavy atom. The van der Waals surface area contributed by atoms with Crippen molar-refractivity contribution in [2.24, 2.45) is 0 Å². The van der Waals surface area contributed by atoms with Crippen molar-refractivity contribution in [1.82, 2.24) is 9.55 Å². The van der Waals surface area contributed by atoms with E-state index in [0.717, 1.165) is 11.9 Å². The topological polar surface area (TPSA) is 43.8 Å². The standard InChI is InChI=1S/C16H14FN3/c17-11-6-7-14-13(8-11)19-16(18)20(14)15-9-12(15)10-4-2-1-3-5-10/h1-8,12,15H,9H2,(H2,18,19). The quantitative estimate of drug-likeness (QED) is 0.772. The predicted molar refractivity (Wildman–Crippen MR) is 76.9 cm³/mol. The van der Waals surface area contributed by atoms with Crippen LogP contribution in [0.25, 0.3) is 11.0 Å². The molecular weight excluding hydrogens is 253 g/mol. The van der Waals surface area contributed by atoms with Crippen molar-refractivity contribution < 1.29 is 4.39 Å². The minimum Gasteiger partial charge on any atom is -0.369 e. The van der Waals surface area contributed by atoms with Crippen LogP contribution in [0.15, 0.2) is 48.5 Å². The normalized spacial score (nSPS) is 21.2. The Labute approximate surface area is 115 Å². The van der Waals surface area contributed by atoms with Crippen molar-refractivity contribution in [3.05, 3.63) is 59.9 Å². The number of benzene rings is 2. The maximum absolute atomic E-state index is 13.2. The van der Waals surface area contributed by atoms with Crippen LogP contribution in [0, 0.1) is 5.82 Å². The maximum Gasteiger partial charge on any atom is 0.201 e. The lowest BCUT2D eigenvalue weighted by atomic mass is 10.1. The number of aromatic nitrogens is 2. The Kier molecular flexibility index (Phi) is 2.33. The van der Waals surface area contributed by atoms with Crippen LogP contribution in [0.4, 0.5) is 10.3 Å². The monoisotopic (exact) mass is 267 g/mol. The number of nitrogen functional groups attached to an aromatic ring is 1. The summed E-state index contributed by atoms with van der Waals surface area (Å²) in [6, 6.07) is 15.4. The number of nitrogens with zero attached hydrogens (tertiary/aromatic N) is 2. The molecule has 3 nitrogen and oxygen atoms in total. The number of imidazole rings is 1. The second-order valence-corrected chi connectivity index (χ2v) is 5.29. The molecular formula is C16H14FN3. The minimum atomic E-state index is -0.280. The molecule has 20 heavy (non-hydrogen) atoms. The Bertz CT molecular complexity index is 779. The number of nitrogens with two attached hydrogens (primary N) is 1. The fourth-order valence-electron chi connectivity index (χ4n) is 2.96. The van der Waals surface area contributed by atoms with Gasteiger partial charge in [-0.3, -0.25) is 0 Å². The van der Waals surface area contributed by atoms with Crippen molar-refractivity contribution in [2.75, 3.05) is 5.73 Å². The molecule has 0 aliphatic heterocycles. The van der Waals surface area contributed by atoms with Gasteiger partial charge in [0, 0.05) is 18.0 Å². The van der Waals surface area contributed by atoms with E-state index in [-0.39, 0.29) is 5.82 Å². The van der Waals surface area contributed by atoms with Gasteiger partial charge in [-0.1, -0.05) is 30.3 Å². The molecule has 100 valence electrons. The molecule has 0 bridgehead atoms. The highest BCUT2D eigenvalue weighted by Gasteiger charge is 2.41. The molecule has 2 aromatic carbocycles. The zero-order valence-electron chi connectivity index (χ0n) is 10.8. The molecule has 2 unspecified atom stereocenters. The molecule has 0 saturated heterocycles. The first-order valence-electron chi connectivity index (χ1n) is 6.72. The van der Waals surface area contributed by atoms with Crippen molar-refractivity contribution >= 4 is 17.0 Å². The van der Waals surface area contributed by atoms with Crippen LogP contribution in [-0.2, 0) is 0 Å². The van der Waals surface area contributed by atoms with E-state index in [9.17, 15) is 4.39 Å². The summed E-state index contributed by atoms with van der Waals surface area (Å²) in [5.41, 5.74) is 8.87. The van der Waals surface area contributed by atoms with E-state index in [1.807, 2.05) is 10.6 Å². The number of hydrogen-bond acceptors (Lipinski definition) is 2. The summed E-state index contributed by atoms with van der Waals surface area (Å²) in [6.07, 6.45) is 1.05. The van der Waals surface area contributed by atoms with E-state index in [0.29, 0.717) is 23.4 Å². The molecule has 0 amide bonds. The molecule has 1 aliphatic carbocycles. The first-order valence-corrected chi connectivity index (χ1v) is 6.72. The molecule has 1 heterocycles. The van der Waals surface area contributed by atoms with E-state index in [1.54, 1.807) is 6.07 Å². The smallest absolute Gasteiger partial charge is 0.201 e. The molecule has 4 heteroatoms. The summed E-state index contributed by atoms with van der Waals surface area (Å²) < 4.78 is 15.3. The van der Waals surface area contributed by atoms with Gasteiger partial charge in [-0.15, -0.1) is 0 Å². The van der Waals surface area contributed by atoms with Crippen LogP contribution < -0.4 is 5.73 Å². The van der Waals surface area contributed by atoms with Gasteiger partial charge in [0.25, 0.3) is 0 Å². The highest BCUT2D eigenvalue weighted by Crippen LogP contribution is 2.53. The highest BCUT2D eigenvalue weighted by atomic mass is 19.1. The summed E-state index contributed by atoms with van der Waals surface area (Å²) in [5.74, 6) is 0.660. The van der Waals surface area contributed by atoms with Gasteiger partial charge in [0.1, 0.15) is 5.82 Å². The highest BCUT2D eigenvalue weighted by molar-refractivity contribution is 5.78. The summed E-state index contributed by atoms with van der Waals surface area (Å²) in [7, 11) is 0. The van der Waals surface area contributed by atoms with Gasteiger partial charge >= 0.3 is 0 Å². The third-order valence-electron chi connectivity index (χ3n) is 3.99. The third-order valence-corrected chi connectivity index (χ3v) is 3.99. The van der Waals surface area contributed by atoms with E-state index < -0.39 is 0 Å². The van der Waals surface area contributed by atoms with E-state index in [1.165, 1.54) is 17.7 Å². The fraction of sp³-hybridized carbons (Fsp3) is 0.188. The molecule has 1 aliphatic rings. The zero-order valence-corrected chi connectivity index (χ0v) is 10.8. The fourth-order valence-corrected chi connectivity index (χ4v) is 2.96. The molecule has 1 fully saturated rings. The number of fused-ring (bicyclic) bond motifs is 1. The van der Waals surface area contributed by atoms with Crippen molar-refractivity contribution in [3.63, 3.8) is 0 Å². The van der Waals surface area contributed by atoms with Crippen LogP contribution in [0.5, 0.6) is 0 Å². The van der Waals surface area contributed by atoms with Gasteiger partial charge in [0.05, 0.1) is 11.0 Å². The summed E-state index contributed by atoms with van der Waals surface area (Å²) in [4.78, 5) is 4.26. The molecule has 4 rings (SSSR count). The van der Waals surface area contributed by atoms with Crippen LogP contribution in [-0.4, -0.2) is 9.55 Å². The number of anilines is 1. The minimum absolute atomic E-state index is 0.280. The predicted octanol–water partition coefficient (Wildman–Crippen LogP) is 3.49.